The molecule has 3 aliphatic carbocycles. The van der Waals surface area contributed by atoms with Crippen molar-refractivity contribution in [2.45, 2.75) is 122 Å². The fraction of sp³-hybridized carbons (Fsp3) is 0.511. The second-order valence-corrected chi connectivity index (χ2v) is 17.0. The number of aliphatic hydroxyl groups is 3. The number of allylic oxidation sites excluding steroid dienone is 1. The zero-order valence-corrected chi connectivity index (χ0v) is 34.9. The summed E-state index contributed by atoms with van der Waals surface area (Å²) in [4.78, 5) is 82.9. The molecule has 322 valence electrons. The van der Waals surface area contributed by atoms with Gasteiger partial charge in [0.15, 0.2) is 23.6 Å². The van der Waals surface area contributed by atoms with E-state index in [-0.39, 0.29) is 29.7 Å². The summed E-state index contributed by atoms with van der Waals surface area (Å²) in [5.41, 5.74) is -6.91. The molecule has 4 N–H and O–H groups in total. The number of carbonyl (C=O) groups excluding carboxylic acids is 6. The van der Waals surface area contributed by atoms with Crippen LogP contribution in [0.25, 0.3) is 0 Å². The maximum Gasteiger partial charge on any atom is 0.338 e. The van der Waals surface area contributed by atoms with Crippen LogP contribution >= 0.6 is 0 Å². The molecule has 15 heteroatoms. The van der Waals surface area contributed by atoms with Gasteiger partial charge in [0.2, 0.25) is 5.91 Å². The average molecular weight is 832 g/mol. The molecule has 0 radical (unpaired) electrons. The van der Waals surface area contributed by atoms with Crippen LogP contribution in [0.2, 0.25) is 0 Å². The van der Waals surface area contributed by atoms with Gasteiger partial charge in [-0.05, 0) is 56.5 Å². The van der Waals surface area contributed by atoms with Crippen molar-refractivity contribution in [3.05, 3.63) is 94.6 Å². The van der Waals surface area contributed by atoms with Gasteiger partial charge in [-0.2, -0.15) is 0 Å². The number of carbonyl (C=O) groups is 6. The number of hydrogen-bond acceptors (Lipinski definition) is 14. The van der Waals surface area contributed by atoms with Crippen LogP contribution in [-0.4, -0.2) is 105 Å². The largest absolute Gasteiger partial charge is 0.456 e. The summed E-state index contributed by atoms with van der Waals surface area (Å²) >= 11 is 0. The van der Waals surface area contributed by atoms with Gasteiger partial charge in [-0.1, -0.05) is 68.5 Å². The van der Waals surface area contributed by atoms with Crippen LogP contribution < -0.4 is 5.32 Å². The first kappa shape index (κ1) is 44.3. The van der Waals surface area contributed by atoms with E-state index < -0.39 is 113 Å². The molecule has 1 saturated heterocycles. The van der Waals surface area contributed by atoms with Crippen LogP contribution in [0.1, 0.15) is 90.2 Å². The minimum absolute atomic E-state index is 0.00140. The van der Waals surface area contributed by atoms with Gasteiger partial charge in [0.1, 0.15) is 23.9 Å². The number of Topliss-reactive ketones (excluding diaryl/α,β-unsaturated/α-hetero) is 1. The Morgan fingerprint density at radius 1 is 0.917 bits per heavy atom. The molecular formula is C45H53NO14. The van der Waals surface area contributed by atoms with Gasteiger partial charge < -0.3 is 44.3 Å². The first-order chi connectivity index (χ1) is 28.1. The maximum atomic E-state index is 15.4. The predicted molar refractivity (Wildman–Crippen MR) is 211 cm³/mol. The topological polar surface area (TPSA) is 221 Å². The Morgan fingerprint density at radius 3 is 2.08 bits per heavy atom. The highest BCUT2D eigenvalue weighted by Gasteiger charge is 2.78. The van der Waals surface area contributed by atoms with Crippen LogP contribution in [0.4, 0.5) is 0 Å². The Labute approximate surface area is 348 Å². The molecule has 0 spiro atoms. The molecule has 2 aromatic carbocycles. The summed E-state index contributed by atoms with van der Waals surface area (Å²) in [5, 5.41) is 40.0. The second kappa shape index (κ2) is 16.3. The lowest BCUT2D eigenvalue weighted by atomic mass is 9.44. The number of esters is 4. The van der Waals surface area contributed by atoms with Gasteiger partial charge in [-0.3, -0.25) is 19.2 Å². The Balaban J connectivity index is 1.56. The molecule has 4 aliphatic rings. The molecule has 2 saturated carbocycles. The third-order valence-electron chi connectivity index (χ3n) is 13.2. The van der Waals surface area contributed by atoms with Crippen molar-refractivity contribution >= 4 is 35.6 Å². The zero-order chi connectivity index (χ0) is 44.1. The van der Waals surface area contributed by atoms with Crippen molar-refractivity contribution in [3.8, 4) is 0 Å². The first-order valence-electron chi connectivity index (χ1n) is 19.9. The zero-order valence-electron chi connectivity index (χ0n) is 34.9. The van der Waals surface area contributed by atoms with Crippen molar-refractivity contribution in [2.75, 3.05) is 6.61 Å². The molecule has 2 aromatic rings. The summed E-state index contributed by atoms with van der Waals surface area (Å²) in [7, 11) is 0. The number of rotatable bonds is 10. The third-order valence-corrected chi connectivity index (χ3v) is 13.2. The molecule has 1 aliphatic heterocycles. The monoisotopic (exact) mass is 831 g/mol. The van der Waals surface area contributed by atoms with Crippen LogP contribution in [0.5, 0.6) is 0 Å². The lowest BCUT2D eigenvalue weighted by Crippen LogP contribution is -2.82. The van der Waals surface area contributed by atoms with Crippen molar-refractivity contribution in [2.24, 2.45) is 16.7 Å². The molecule has 60 heavy (non-hydrogen) atoms. The van der Waals surface area contributed by atoms with E-state index in [1.165, 1.54) is 26.0 Å². The standard InChI is InChI=1S/C45H53NO14/c1-9-23(2)39(52)46-33(27-16-12-10-13-17-27)34(50)41(54)58-29-21-45(55)38(59-40(53)28-18-14-11-15-19-28)36-43(8,30(49)20-31-44(36,22-56-31)60-26(5)48)37(51)35(57-25(4)47)32(24(29)3)42(45,6)7/h9-19,29-31,33-36,38,49-50,55H,20-22H2,1-8H3,(H,46,52)/t29?,30?,31?,33?,34?,35?,36?,38?,43-,44+,45-/m1/s1. The van der Waals surface area contributed by atoms with E-state index in [1.807, 2.05) is 0 Å². The number of hydrogen-bond donors (Lipinski definition) is 4. The number of ether oxygens (including phenoxy) is 5. The highest BCUT2D eigenvalue weighted by molar-refractivity contribution is 5.96. The first-order valence-corrected chi connectivity index (χ1v) is 19.9. The number of ketones is 1. The minimum atomic E-state index is -2.38. The summed E-state index contributed by atoms with van der Waals surface area (Å²) < 4.78 is 30.2. The van der Waals surface area contributed by atoms with Crippen LogP contribution in [0, 0.1) is 16.7 Å². The van der Waals surface area contributed by atoms with Gasteiger partial charge in [0.25, 0.3) is 0 Å². The fourth-order valence-electron chi connectivity index (χ4n) is 9.75. The molecule has 8 unspecified atom stereocenters. The fourth-order valence-corrected chi connectivity index (χ4v) is 9.75. The van der Waals surface area contributed by atoms with Crippen molar-refractivity contribution in [1.82, 2.24) is 5.32 Å². The van der Waals surface area contributed by atoms with E-state index in [0.29, 0.717) is 11.1 Å². The third kappa shape index (κ3) is 7.24. The van der Waals surface area contributed by atoms with Gasteiger partial charge in [-0.25, -0.2) is 9.59 Å². The Morgan fingerprint density at radius 2 is 1.53 bits per heavy atom. The highest BCUT2D eigenvalue weighted by Crippen LogP contribution is 2.64. The number of nitrogens with one attached hydrogen (secondary N) is 1. The number of aliphatic hydroxyl groups excluding tert-OH is 2. The lowest BCUT2D eigenvalue weighted by molar-refractivity contribution is -0.346. The number of amides is 1. The van der Waals surface area contributed by atoms with E-state index in [2.05, 4.69) is 5.32 Å². The highest BCUT2D eigenvalue weighted by atomic mass is 16.6. The molecule has 6 rings (SSSR count). The summed E-state index contributed by atoms with van der Waals surface area (Å²) in [6.45, 7) is 11.2. The van der Waals surface area contributed by atoms with Crippen LogP contribution in [0.15, 0.2) is 83.5 Å². The molecule has 0 aromatic heterocycles. The average Bonchev–Trinajstić information content (AvgIpc) is 3.20. The summed E-state index contributed by atoms with van der Waals surface area (Å²) in [5.74, 6) is -6.78. The van der Waals surface area contributed by atoms with Crippen molar-refractivity contribution in [3.63, 3.8) is 0 Å². The van der Waals surface area contributed by atoms with Gasteiger partial charge in [-0.15, -0.1) is 0 Å². The van der Waals surface area contributed by atoms with Crippen molar-refractivity contribution in [1.29, 1.82) is 0 Å². The minimum Gasteiger partial charge on any atom is -0.456 e. The molecule has 15 nitrogen and oxygen atoms in total. The van der Waals surface area contributed by atoms with E-state index in [0.717, 1.165) is 13.8 Å². The SMILES string of the molecule is CC=C(C)C(=O)NC(c1ccccc1)C(O)C(=O)OC1C[C@@]2(O)C(OC(=O)c3ccccc3)C3[C@]4(OC(C)=O)COC4CC(O)[C@@]3(C)C(=O)C(OC(C)=O)C(=C1C)C2(C)C. The predicted octanol–water partition coefficient (Wildman–Crippen LogP) is 3.39. The van der Waals surface area contributed by atoms with Crippen LogP contribution in [-0.2, 0) is 47.7 Å². The van der Waals surface area contributed by atoms with Crippen LogP contribution in [0.3, 0.4) is 0 Å². The molecule has 1 heterocycles. The van der Waals surface area contributed by atoms with E-state index >= 15 is 4.79 Å². The lowest BCUT2D eigenvalue weighted by Gasteiger charge is -2.67. The summed E-state index contributed by atoms with van der Waals surface area (Å²) in [6, 6.07) is 14.8. The molecule has 3 fully saturated rings. The molecular weight excluding hydrogens is 778 g/mol. The van der Waals surface area contributed by atoms with E-state index in [4.69, 9.17) is 23.7 Å². The van der Waals surface area contributed by atoms with Gasteiger partial charge in [0, 0.05) is 37.7 Å². The number of fused-ring (bicyclic) bond motifs is 5. The number of benzene rings is 2. The Kier molecular flexibility index (Phi) is 12.1. The quantitative estimate of drug-likeness (QED) is 0.117. The summed E-state index contributed by atoms with van der Waals surface area (Å²) in [6.07, 6.45) is -8.88. The van der Waals surface area contributed by atoms with Gasteiger partial charge >= 0.3 is 23.9 Å². The Bertz CT molecular complexity index is 2110. The van der Waals surface area contributed by atoms with Gasteiger partial charge in [0.05, 0.1) is 35.6 Å². The Hall–Kier alpha value is -5.22. The molecule has 1 amide bonds. The smallest absolute Gasteiger partial charge is 0.338 e. The normalized spacial score (nSPS) is 32.9. The second-order valence-electron chi connectivity index (χ2n) is 17.0. The van der Waals surface area contributed by atoms with E-state index in [1.54, 1.807) is 82.3 Å². The molecule has 2 bridgehead atoms. The van der Waals surface area contributed by atoms with E-state index in [9.17, 15) is 39.3 Å². The van der Waals surface area contributed by atoms with Crippen molar-refractivity contribution < 1.29 is 67.8 Å². The molecule has 11 atom stereocenters. The maximum absolute atomic E-state index is 15.4.